The van der Waals surface area contributed by atoms with Crippen molar-refractivity contribution in [2.24, 2.45) is 0 Å². The van der Waals surface area contributed by atoms with Crippen molar-refractivity contribution in [3.8, 4) is 0 Å². The van der Waals surface area contributed by atoms with Gasteiger partial charge in [-0.2, -0.15) is 0 Å². The molecular weight excluding hydrogens is 186 g/mol. The fourth-order valence-electron chi connectivity index (χ4n) is 1.89. The van der Waals surface area contributed by atoms with E-state index in [-0.39, 0.29) is 0 Å². The number of rotatable bonds is 5. The van der Waals surface area contributed by atoms with Crippen LogP contribution in [0.15, 0.2) is 18.2 Å². The SMILES string of the molecule is CCCOCc1c(N)cccc1C1CC1. The molecule has 2 heteroatoms. The van der Waals surface area contributed by atoms with E-state index in [9.17, 15) is 0 Å². The van der Waals surface area contributed by atoms with E-state index in [1.807, 2.05) is 12.1 Å². The number of nitrogen functional groups attached to an aromatic ring is 1. The Morgan fingerprint density at radius 2 is 2.20 bits per heavy atom. The number of hydrogen-bond acceptors (Lipinski definition) is 2. The van der Waals surface area contributed by atoms with E-state index in [2.05, 4.69) is 13.0 Å². The Hall–Kier alpha value is -1.02. The maximum Gasteiger partial charge on any atom is 0.0739 e. The molecule has 0 unspecified atom stereocenters. The molecule has 0 radical (unpaired) electrons. The molecule has 2 N–H and O–H groups in total. The molecule has 82 valence electrons. The van der Waals surface area contributed by atoms with E-state index in [1.165, 1.54) is 24.0 Å². The molecule has 0 atom stereocenters. The highest BCUT2D eigenvalue weighted by molar-refractivity contribution is 5.52. The lowest BCUT2D eigenvalue weighted by Crippen LogP contribution is -2.02. The molecule has 1 aromatic carbocycles. The molecule has 0 spiro atoms. The highest BCUT2D eigenvalue weighted by Gasteiger charge is 2.26. The van der Waals surface area contributed by atoms with Gasteiger partial charge in [-0.1, -0.05) is 19.1 Å². The molecule has 0 aliphatic heterocycles. The predicted octanol–water partition coefficient (Wildman–Crippen LogP) is 3.07. The molecule has 0 heterocycles. The van der Waals surface area contributed by atoms with Crippen LogP contribution in [0.5, 0.6) is 0 Å². The summed E-state index contributed by atoms with van der Waals surface area (Å²) >= 11 is 0. The first-order valence-electron chi connectivity index (χ1n) is 5.78. The monoisotopic (exact) mass is 205 g/mol. The Kier molecular flexibility index (Phi) is 3.27. The van der Waals surface area contributed by atoms with Crippen LogP contribution in [0.25, 0.3) is 0 Å². The van der Waals surface area contributed by atoms with Gasteiger partial charge in [0.15, 0.2) is 0 Å². The summed E-state index contributed by atoms with van der Waals surface area (Å²) in [7, 11) is 0. The molecule has 1 aliphatic carbocycles. The van der Waals surface area contributed by atoms with Gasteiger partial charge in [0, 0.05) is 17.9 Å². The Morgan fingerprint density at radius 3 is 2.87 bits per heavy atom. The summed E-state index contributed by atoms with van der Waals surface area (Å²) < 4.78 is 5.59. The van der Waals surface area contributed by atoms with Crippen molar-refractivity contribution in [3.63, 3.8) is 0 Å². The van der Waals surface area contributed by atoms with Crippen molar-refractivity contribution in [2.45, 2.75) is 38.7 Å². The standard InChI is InChI=1S/C13H19NO/c1-2-8-15-9-12-11(10-6-7-10)4-3-5-13(12)14/h3-5,10H,2,6-9,14H2,1H3. The largest absolute Gasteiger partial charge is 0.398 e. The Bertz CT molecular complexity index is 331. The number of hydrogen-bond donors (Lipinski definition) is 1. The molecule has 15 heavy (non-hydrogen) atoms. The van der Waals surface area contributed by atoms with Crippen molar-refractivity contribution in [1.29, 1.82) is 0 Å². The van der Waals surface area contributed by atoms with Crippen LogP contribution in [0.3, 0.4) is 0 Å². The van der Waals surface area contributed by atoms with Gasteiger partial charge in [0.2, 0.25) is 0 Å². The second kappa shape index (κ2) is 4.67. The average molecular weight is 205 g/mol. The number of nitrogens with two attached hydrogens (primary N) is 1. The van der Waals surface area contributed by atoms with E-state index in [4.69, 9.17) is 10.5 Å². The summed E-state index contributed by atoms with van der Waals surface area (Å²) in [6.45, 7) is 3.61. The highest BCUT2D eigenvalue weighted by Crippen LogP contribution is 2.42. The van der Waals surface area contributed by atoms with E-state index >= 15 is 0 Å². The van der Waals surface area contributed by atoms with Crippen molar-refractivity contribution >= 4 is 5.69 Å². The molecule has 1 fully saturated rings. The van der Waals surface area contributed by atoms with Crippen LogP contribution >= 0.6 is 0 Å². The van der Waals surface area contributed by atoms with E-state index in [0.717, 1.165) is 24.6 Å². The van der Waals surface area contributed by atoms with E-state index in [1.54, 1.807) is 0 Å². The molecule has 1 aliphatic rings. The zero-order valence-electron chi connectivity index (χ0n) is 9.33. The Morgan fingerprint density at radius 1 is 1.40 bits per heavy atom. The molecule has 0 saturated heterocycles. The third kappa shape index (κ3) is 2.51. The first-order chi connectivity index (χ1) is 7.33. The summed E-state index contributed by atoms with van der Waals surface area (Å²) in [6, 6.07) is 6.21. The van der Waals surface area contributed by atoms with Crippen molar-refractivity contribution in [3.05, 3.63) is 29.3 Å². The fraction of sp³-hybridized carbons (Fsp3) is 0.538. The number of anilines is 1. The van der Waals surface area contributed by atoms with Crippen LogP contribution in [0, 0.1) is 0 Å². The quantitative estimate of drug-likeness (QED) is 0.592. The topological polar surface area (TPSA) is 35.2 Å². The number of benzene rings is 1. The van der Waals surface area contributed by atoms with Gasteiger partial charge in [-0.25, -0.2) is 0 Å². The average Bonchev–Trinajstić information content (AvgIpc) is 3.04. The normalized spacial score (nSPS) is 15.5. The third-order valence-electron chi connectivity index (χ3n) is 2.86. The minimum atomic E-state index is 0.673. The van der Waals surface area contributed by atoms with Gasteiger partial charge in [0.05, 0.1) is 6.61 Å². The van der Waals surface area contributed by atoms with Crippen LogP contribution in [-0.4, -0.2) is 6.61 Å². The lowest BCUT2D eigenvalue weighted by Gasteiger charge is -2.11. The molecule has 1 aromatic rings. The molecular formula is C13H19NO. The molecule has 2 nitrogen and oxygen atoms in total. The maximum atomic E-state index is 5.99. The maximum absolute atomic E-state index is 5.99. The van der Waals surface area contributed by atoms with Crippen LogP contribution in [0.1, 0.15) is 43.2 Å². The van der Waals surface area contributed by atoms with Gasteiger partial charge in [-0.15, -0.1) is 0 Å². The Balaban J connectivity index is 2.11. The second-order valence-electron chi connectivity index (χ2n) is 4.24. The molecule has 0 amide bonds. The van der Waals surface area contributed by atoms with Crippen LogP contribution in [-0.2, 0) is 11.3 Å². The van der Waals surface area contributed by atoms with Crippen LogP contribution in [0.4, 0.5) is 5.69 Å². The first kappa shape index (κ1) is 10.5. The van der Waals surface area contributed by atoms with Gasteiger partial charge in [-0.3, -0.25) is 0 Å². The second-order valence-corrected chi connectivity index (χ2v) is 4.24. The lowest BCUT2D eigenvalue weighted by atomic mass is 10.0. The Labute approximate surface area is 91.4 Å². The minimum absolute atomic E-state index is 0.673. The zero-order chi connectivity index (χ0) is 10.7. The fourth-order valence-corrected chi connectivity index (χ4v) is 1.89. The first-order valence-corrected chi connectivity index (χ1v) is 5.78. The summed E-state index contributed by atoms with van der Waals surface area (Å²) in [5.41, 5.74) is 9.50. The third-order valence-corrected chi connectivity index (χ3v) is 2.86. The summed E-state index contributed by atoms with van der Waals surface area (Å²) in [4.78, 5) is 0. The van der Waals surface area contributed by atoms with Gasteiger partial charge in [0.1, 0.15) is 0 Å². The predicted molar refractivity (Wildman–Crippen MR) is 62.8 cm³/mol. The summed E-state index contributed by atoms with van der Waals surface area (Å²) in [6.07, 6.45) is 3.68. The molecule has 0 aromatic heterocycles. The van der Waals surface area contributed by atoms with Crippen molar-refractivity contribution < 1.29 is 4.74 Å². The van der Waals surface area contributed by atoms with E-state index < -0.39 is 0 Å². The molecule has 0 bridgehead atoms. The number of ether oxygens (including phenoxy) is 1. The smallest absolute Gasteiger partial charge is 0.0739 e. The van der Waals surface area contributed by atoms with Gasteiger partial charge in [0.25, 0.3) is 0 Å². The van der Waals surface area contributed by atoms with Gasteiger partial charge >= 0.3 is 0 Å². The lowest BCUT2D eigenvalue weighted by molar-refractivity contribution is 0.121. The van der Waals surface area contributed by atoms with Gasteiger partial charge in [-0.05, 0) is 36.8 Å². The van der Waals surface area contributed by atoms with E-state index in [0.29, 0.717) is 6.61 Å². The summed E-state index contributed by atoms with van der Waals surface area (Å²) in [5, 5.41) is 0. The van der Waals surface area contributed by atoms with Crippen LogP contribution < -0.4 is 5.73 Å². The van der Waals surface area contributed by atoms with Gasteiger partial charge < -0.3 is 10.5 Å². The van der Waals surface area contributed by atoms with Crippen LogP contribution in [0.2, 0.25) is 0 Å². The molecule has 2 rings (SSSR count). The zero-order valence-corrected chi connectivity index (χ0v) is 9.33. The highest BCUT2D eigenvalue weighted by atomic mass is 16.5. The summed E-state index contributed by atoms with van der Waals surface area (Å²) in [5.74, 6) is 0.744. The molecule has 1 saturated carbocycles. The minimum Gasteiger partial charge on any atom is -0.398 e. The van der Waals surface area contributed by atoms with Crippen molar-refractivity contribution in [1.82, 2.24) is 0 Å². The van der Waals surface area contributed by atoms with Crippen molar-refractivity contribution in [2.75, 3.05) is 12.3 Å².